The molecule has 1 aliphatic heterocycles. The molecule has 1 saturated heterocycles. The Morgan fingerprint density at radius 2 is 2.35 bits per heavy atom. The highest BCUT2D eigenvalue weighted by molar-refractivity contribution is 6.30. The van der Waals surface area contributed by atoms with Gasteiger partial charge in [-0.15, -0.1) is 0 Å². The zero-order chi connectivity index (χ0) is 14.8. The molecule has 2 unspecified atom stereocenters. The minimum absolute atomic E-state index is 0.0463. The summed E-state index contributed by atoms with van der Waals surface area (Å²) in [6, 6.07) is 7.32. The zero-order valence-electron chi connectivity index (χ0n) is 11.9. The second-order valence-electron chi connectivity index (χ2n) is 5.49. The normalized spacial score (nSPS) is 25.7. The molecule has 0 aromatic heterocycles. The predicted octanol–water partition coefficient (Wildman–Crippen LogP) is 2.05. The molecule has 1 fully saturated rings. The van der Waals surface area contributed by atoms with Gasteiger partial charge in [0.05, 0.1) is 18.6 Å². The second-order valence-corrected chi connectivity index (χ2v) is 5.92. The molecular weight excluding hydrogens is 276 g/mol. The van der Waals surface area contributed by atoms with E-state index in [1.807, 2.05) is 38.1 Å². The van der Waals surface area contributed by atoms with E-state index in [2.05, 4.69) is 0 Å². The number of nitrogens with two attached hydrogens (primary N) is 1. The summed E-state index contributed by atoms with van der Waals surface area (Å²) in [5, 5.41) is 0.679. The summed E-state index contributed by atoms with van der Waals surface area (Å²) in [7, 11) is 0. The third-order valence-corrected chi connectivity index (χ3v) is 4.17. The number of amides is 1. The molecule has 2 atom stereocenters. The van der Waals surface area contributed by atoms with Gasteiger partial charge in [-0.2, -0.15) is 0 Å². The first-order valence-electron chi connectivity index (χ1n) is 6.84. The van der Waals surface area contributed by atoms with Gasteiger partial charge in [-0.05, 0) is 31.5 Å². The summed E-state index contributed by atoms with van der Waals surface area (Å²) in [4.78, 5) is 14.5. The first-order chi connectivity index (χ1) is 9.47. The fourth-order valence-corrected chi connectivity index (χ4v) is 2.67. The Morgan fingerprint density at radius 1 is 1.60 bits per heavy atom. The highest BCUT2D eigenvalue weighted by atomic mass is 35.5. The van der Waals surface area contributed by atoms with Crippen LogP contribution in [-0.2, 0) is 16.1 Å². The molecule has 1 aromatic rings. The van der Waals surface area contributed by atoms with Gasteiger partial charge in [-0.3, -0.25) is 4.79 Å². The summed E-state index contributed by atoms with van der Waals surface area (Å²) in [6.07, 6.45) is 0. The fourth-order valence-electron chi connectivity index (χ4n) is 2.45. The smallest absolute Gasteiger partial charge is 0.232 e. The van der Waals surface area contributed by atoms with Crippen LogP contribution >= 0.6 is 11.6 Å². The summed E-state index contributed by atoms with van der Waals surface area (Å²) in [5.41, 5.74) is 6.42. The average Bonchev–Trinajstić information content (AvgIpc) is 2.76. The van der Waals surface area contributed by atoms with E-state index < -0.39 is 5.41 Å². The Hall–Kier alpha value is -1.10. The van der Waals surface area contributed by atoms with Crippen LogP contribution in [0, 0.1) is 5.41 Å². The maximum absolute atomic E-state index is 12.7. The molecule has 1 aliphatic rings. The van der Waals surface area contributed by atoms with Crippen molar-refractivity contribution in [2.75, 3.05) is 19.8 Å². The van der Waals surface area contributed by atoms with Gasteiger partial charge in [0.2, 0.25) is 5.91 Å². The van der Waals surface area contributed by atoms with E-state index in [9.17, 15) is 4.79 Å². The lowest BCUT2D eigenvalue weighted by Gasteiger charge is -2.32. The Morgan fingerprint density at radius 3 is 2.90 bits per heavy atom. The molecule has 0 radical (unpaired) electrons. The predicted molar refractivity (Wildman–Crippen MR) is 79.4 cm³/mol. The molecule has 20 heavy (non-hydrogen) atoms. The Bertz CT molecular complexity index is 495. The number of carbonyl (C=O) groups excluding carboxylic acids is 1. The molecule has 5 heteroatoms. The number of benzene rings is 1. The highest BCUT2D eigenvalue weighted by Gasteiger charge is 2.46. The molecule has 0 spiro atoms. The Balaban J connectivity index is 2.14. The molecule has 0 saturated carbocycles. The molecule has 4 nitrogen and oxygen atoms in total. The molecule has 0 bridgehead atoms. The largest absolute Gasteiger partial charge is 0.379 e. The lowest BCUT2D eigenvalue weighted by Crippen LogP contribution is -2.51. The highest BCUT2D eigenvalue weighted by Crippen LogP contribution is 2.30. The van der Waals surface area contributed by atoms with Gasteiger partial charge in [-0.25, -0.2) is 0 Å². The maximum atomic E-state index is 12.7. The van der Waals surface area contributed by atoms with E-state index in [1.165, 1.54) is 0 Å². The minimum Gasteiger partial charge on any atom is -0.379 e. The molecular formula is C15H21ClN2O2. The van der Waals surface area contributed by atoms with E-state index in [0.29, 0.717) is 31.3 Å². The summed E-state index contributed by atoms with van der Waals surface area (Å²) >= 11 is 5.99. The van der Waals surface area contributed by atoms with E-state index in [1.54, 1.807) is 4.90 Å². The molecule has 1 aromatic carbocycles. The van der Waals surface area contributed by atoms with E-state index in [4.69, 9.17) is 22.1 Å². The van der Waals surface area contributed by atoms with Gasteiger partial charge in [0.1, 0.15) is 0 Å². The van der Waals surface area contributed by atoms with Crippen LogP contribution in [0.25, 0.3) is 0 Å². The van der Waals surface area contributed by atoms with Crippen molar-refractivity contribution in [1.82, 2.24) is 4.90 Å². The van der Waals surface area contributed by atoms with Crippen LogP contribution in [0.3, 0.4) is 0 Å². The molecule has 1 amide bonds. The summed E-state index contributed by atoms with van der Waals surface area (Å²) in [6.45, 7) is 5.85. The lowest BCUT2D eigenvalue weighted by molar-refractivity contribution is -0.142. The van der Waals surface area contributed by atoms with Crippen LogP contribution in [0.1, 0.15) is 19.4 Å². The van der Waals surface area contributed by atoms with E-state index >= 15 is 0 Å². The number of hydrogen-bond acceptors (Lipinski definition) is 3. The first kappa shape index (κ1) is 15.3. The number of nitrogens with zero attached hydrogens (tertiary/aromatic N) is 1. The van der Waals surface area contributed by atoms with Crippen molar-refractivity contribution in [3.8, 4) is 0 Å². The van der Waals surface area contributed by atoms with Gasteiger partial charge in [0, 0.05) is 24.2 Å². The van der Waals surface area contributed by atoms with Gasteiger partial charge in [0.25, 0.3) is 0 Å². The number of hydrogen-bond donors (Lipinski definition) is 1. The number of ether oxygens (including phenoxy) is 1. The minimum atomic E-state index is -0.630. The van der Waals surface area contributed by atoms with Crippen molar-refractivity contribution in [2.45, 2.75) is 26.4 Å². The van der Waals surface area contributed by atoms with Gasteiger partial charge in [-0.1, -0.05) is 23.7 Å². The Kier molecular flexibility index (Phi) is 4.68. The van der Waals surface area contributed by atoms with Crippen LogP contribution < -0.4 is 5.73 Å². The number of rotatable bonds is 4. The van der Waals surface area contributed by atoms with Crippen LogP contribution in [-0.4, -0.2) is 36.6 Å². The summed E-state index contributed by atoms with van der Waals surface area (Å²) < 4.78 is 5.36. The third-order valence-electron chi connectivity index (χ3n) is 3.94. The second kappa shape index (κ2) is 6.12. The van der Waals surface area contributed by atoms with E-state index in [-0.39, 0.29) is 11.9 Å². The van der Waals surface area contributed by atoms with E-state index in [0.717, 1.165) is 5.56 Å². The molecule has 0 aliphatic carbocycles. The van der Waals surface area contributed by atoms with Crippen molar-refractivity contribution in [3.63, 3.8) is 0 Å². The summed E-state index contributed by atoms with van der Waals surface area (Å²) in [5.74, 6) is 0.0463. The molecule has 2 N–H and O–H groups in total. The van der Waals surface area contributed by atoms with Crippen molar-refractivity contribution in [1.29, 1.82) is 0 Å². The quantitative estimate of drug-likeness (QED) is 0.925. The molecule has 110 valence electrons. The van der Waals surface area contributed by atoms with Crippen molar-refractivity contribution in [3.05, 3.63) is 34.9 Å². The monoisotopic (exact) mass is 296 g/mol. The lowest BCUT2D eigenvalue weighted by atomic mass is 9.84. The number of carbonyl (C=O) groups is 1. The van der Waals surface area contributed by atoms with Gasteiger partial charge < -0.3 is 15.4 Å². The standard InChI is InChI=1S/C15H21ClN2O2/c1-3-18(8-11-5-4-6-12(16)7-11)14(19)15(2)10-20-9-13(15)17/h4-7,13H,3,8-10,17H2,1-2H3. The maximum Gasteiger partial charge on any atom is 0.232 e. The van der Waals surface area contributed by atoms with Gasteiger partial charge >= 0.3 is 0 Å². The van der Waals surface area contributed by atoms with Crippen molar-refractivity contribution >= 4 is 17.5 Å². The van der Waals surface area contributed by atoms with Crippen molar-refractivity contribution in [2.24, 2.45) is 11.1 Å². The molecule has 2 rings (SSSR count). The fraction of sp³-hybridized carbons (Fsp3) is 0.533. The average molecular weight is 297 g/mol. The van der Waals surface area contributed by atoms with Crippen molar-refractivity contribution < 1.29 is 9.53 Å². The Labute approximate surface area is 124 Å². The van der Waals surface area contributed by atoms with Crippen LogP contribution in [0.2, 0.25) is 5.02 Å². The van der Waals surface area contributed by atoms with Crippen LogP contribution in [0.15, 0.2) is 24.3 Å². The number of halogens is 1. The van der Waals surface area contributed by atoms with Crippen LogP contribution in [0.4, 0.5) is 0 Å². The zero-order valence-corrected chi connectivity index (χ0v) is 12.7. The SMILES string of the molecule is CCN(Cc1cccc(Cl)c1)C(=O)C1(C)COCC1N. The topological polar surface area (TPSA) is 55.6 Å². The van der Waals surface area contributed by atoms with Gasteiger partial charge in [0.15, 0.2) is 0 Å². The van der Waals surface area contributed by atoms with Crippen LogP contribution in [0.5, 0.6) is 0 Å². The third kappa shape index (κ3) is 2.97. The first-order valence-corrected chi connectivity index (χ1v) is 7.22. The molecule has 1 heterocycles.